The Morgan fingerprint density at radius 1 is 1.38 bits per heavy atom. The number of methoxy groups -OCH3 is 1. The second kappa shape index (κ2) is 4.77. The fourth-order valence-electron chi connectivity index (χ4n) is 1.31. The third-order valence-corrected chi connectivity index (χ3v) is 1.97. The molecule has 0 saturated heterocycles. The topological polar surface area (TPSA) is 26.3 Å². The van der Waals surface area contributed by atoms with Crippen molar-refractivity contribution < 1.29 is 9.53 Å². The summed E-state index contributed by atoms with van der Waals surface area (Å²) in [6.07, 6.45) is 0.881. The van der Waals surface area contributed by atoms with Gasteiger partial charge in [0.05, 0.1) is 0 Å². The molecular formula is C11H14O2. The number of rotatable bonds is 4. The minimum Gasteiger partial charge on any atom is -0.377 e. The minimum atomic E-state index is 0.0555. The maximum Gasteiger partial charge on any atom is 0.188 e. The zero-order valence-electron chi connectivity index (χ0n) is 8.04. The molecule has 0 heterocycles. The first-order chi connectivity index (χ1) is 6.29. The van der Waals surface area contributed by atoms with E-state index < -0.39 is 0 Å². The van der Waals surface area contributed by atoms with E-state index in [1.165, 1.54) is 7.11 Å². The van der Waals surface area contributed by atoms with Gasteiger partial charge >= 0.3 is 0 Å². The molecule has 2 nitrogen and oxygen atoms in total. The third-order valence-electron chi connectivity index (χ3n) is 1.97. The summed E-state index contributed by atoms with van der Waals surface area (Å²) in [6.45, 7) is 2.20. The molecule has 2 heteroatoms. The molecular weight excluding hydrogens is 164 g/mol. The second-order valence-electron chi connectivity index (χ2n) is 2.87. The van der Waals surface area contributed by atoms with Crippen LogP contribution in [-0.2, 0) is 11.2 Å². The third kappa shape index (κ3) is 2.39. The van der Waals surface area contributed by atoms with E-state index in [9.17, 15) is 4.79 Å². The van der Waals surface area contributed by atoms with E-state index in [4.69, 9.17) is 4.74 Å². The van der Waals surface area contributed by atoms with Crippen LogP contribution in [-0.4, -0.2) is 19.5 Å². The summed E-state index contributed by atoms with van der Waals surface area (Å²) in [5.74, 6) is 0.0555. The van der Waals surface area contributed by atoms with Crippen LogP contribution < -0.4 is 0 Å². The number of ketones is 1. The van der Waals surface area contributed by atoms with Gasteiger partial charge in [0, 0.05) is 12.7 Å². The van der Waals surface area contributed by atoms with Crippen LogP contribution >= 0.6 is 0 Å². The molecule has 0 aromatic heterocycles. The summed E-state index contributed by atoms with van der Waals surface area (Å²) in [7, 11) is 1.53. The Balaban J connectivity index is 2.92. The fraction of sp³-hybridized carbons (Fsp3) is 0.364. The van der Waals surface area contributed by atoms with Crippen LogP contribution in [0, 0.1) is 0 Å². The van der Waals surface area contributed by atoms with Crippen LogP contribution in [0.5, 0.6) is 0 Å². The molecule has 0 radical (unpaired) electrons. The molecule has 0 aliphatic rings. The van der Waals surface area contributed by atoms with Crippen molar-refractivity contribution in [3.8, 4) is 0 Å². The van der Waals surface area contributed by atoms with Crippen LogP contribution in [0.25, 0.3) is 0 Å². The highest BCUT2D eigenvalue weighted by Crippen LogP contribution is 2.10. The Bertz CT molecular complexity index is 292. The number of benzene rings is 1. The van der Waals surface area contributed by atoms with Gasteiger partial charge in [0.25, 0.3) is 0 Å². The van der Waals surface area contributed by atoms with Crippen LogP contribution in [0.1, 0.15) is 22.8 Å². The van der Waals surface area contributed by atoms with Gasteiger partial charge < -0.3 is 4.74 Å². The van der Waals surface area contributed by atoms with Gasteiger partial charge in [-0.2, -0.15) is 0 Å². The van der Waals surface area contributed by atoms with E-state index in [2.05, 4.69) is 0 Å². The number of hydrogen-bond donors (Lipinski definition) is 0. The first-order valence-electron chi connectivity index (χ1n) is 4.39. The van der Waals surface area contributed by atoms with Gasteiger partial charge in [-0.05, 0) is 12.0 Å². The highest BCUT2D eigenvalue weighted by molar-refractivity contribution is 5.98. The molecule has 0 saturated carbocycles. The number of ether oxygens (including phenoxy) is 1. The molecule has 0 atom stereocenters. The molecule has 0 aliphatic carbocycles. The average molecular weight is 178 g/mol. The van der Waals surface area contributed by atoms with Crippen molar-refractivity contribution in [2.24, 2.45) is 0 Å². The first kappa shape index (κ1) is 9.93. The van der Waals surface area contributed by atoms with E-state index in [0.717, 1.165) is 17.5 Å². The van der Waals surface area contributed by atoms with Gasteiger partial charge in [0.15, 0.2) is 5.78 Å². The van der Waals surface area contributed by atoms with Gasteiger partial charge in [0.1, 0.15) is 6.61 Å². The van der Waals surface area contributed by atoms with Crippen LogP contribution in [0.2, 0.25) is 0 Å². The number of Topliss-reactive ketones (excluding diaryl/α,β-unsaturated/α-hetero) is 1. The van der Waals surface area contributed by atoms with Crippen LogP contribution in [0.15, 0.2) is 24.3 Å². The Hall–Kier alpha value is -1.15. The van der Waals surface area contributed by atoms with Crippen molar-refractivity contribution in [1.82, 2.24) is 0 Å². The summed E-state index contributed by atoms with van der Waals surface area (Å²) in [5.41, 5.74) is 1.87. The molecule has 0 fully saturated rings. The highest BCUT2D eigenvalue weighted by Gasteiger charge is 2.08. The van der Waals surface area contributed by atoms with Crippen molar-refractivity contribution in [2.45, 2.75) is 13.3 Å². The molecule has 1 aromatic rings. The Kier molecular flexibility index (Phi) is 3.65. The van der Waals surface area contributed by atoms with Crippen LogP contribution in [0.3, 0.4) is 0 Å². The summed E-state index contributed by atoms with van der Waals surface area (Å²) in [5, 5.41) is 0. The lowest BCUT2D eigenvalue weighted by atomic mass is 10.0. The van der Waals surface area contributed by atoms with Gasteiger partial charge in [-0.15, -0.1) is 0 Å². The summed E-state index contributed by atoms with van der Waals surface area (Å²) in [6, 6.07) is 7.65. The number of carbonyl (C=O) groups is 1. The highest BCUT2D eigenvalue weighted by atomic mass is 16.5. The number of aryl methyl sites for hydroxylation is 1. The normalized spacial score (nSPS) is 10.0. The smallest absolute Gasteiger partial charge is 0.188 e. The predicted octanol–water partition coefficient (Wildman–Crippen LogP) is 2.08. The van der Waals surface area contributed by atoms with E-state index in [1.54, 1.807) is 0 Å². The van der Waals surface area contributed by atoms with Crippen molar-refractivity contribution in [2.75, 3.05) is 13.7 Å². The Morgan fingerprint density at radius 2 is 2.08 bits per heavy atom. The quantitative estimate of drug-likeness (QED) is 0.660. The molecule has 13 heavy (non-hydrogen) atoms. The number of carbonyl (C=O) groups excluding carboxylic acids is 1. The number of hydrogen-bond acceptors (Lipinski definition) is 2. The standard InChI is InChI=1S/C11H14O2/c1-3-9-6-4-5-7-10(9)11(12)8-13-2/h4-7H,3,8H2,1-2H3. The Morgan fingerprint density at radius 3 is 2.69 bits per heavy atom. The van der Waals surface area contributed by atoms with E-state index in [0.29, 0.717) is 0 Å². The zero-order chi connectivity index (χ0) is 9.68. The predicted molar refractivity (Wildman–Crippen MR) is 52.0 cm³/mol. The van der Waals surface area contributed by atoms with Crippen molar-refractivity contribution in [1.29, 1.82) is 0 Å². The largest absolute Gasteiger partial charge is 0.377 e. The fourth-order valence-corrected chi connectivity index (χ4v) is 1.31. The van der Waals surface area contributed by atoms with E-state index in [-0.39, 0.29) is 12.4 Å². The van der Waals surface area contributed by atoms with Gasteiger partial charge in [0.2, 0.25) is 0 Å². The maximum atomic E-state index is 11.5. The first-order valence-corrected chi connectivity index (χ1v) is 4.39. The Labute approximate surface area is 78.5 Å². The van der Waals surface area contributed by atoms with E-state index >= 15 is 0 Å². The van der Waals surface area contributed by atoms with Crippen molar-refractivity contribution in [3.05, 3.63) is 35.4 Å². The van der Waals surface area contributed by atoms with Gasteiger partial charge in [-0.1, -0.05) is 31.2 Å². The summed E-state index contributed by atoms with van der Waals surface area (Å²) in [4.78, 5) is 11.5. The molecule has 0 bridgehead atoms. The minimum absolute atomic E-state index is 0.0555. The molecule has 1 aromatic carbocycles. The molecule has 70 valence electrons. The van der Waals surface area contributed by atoms with Crippen molar-refractivity contribution >= 4 is 5.78 Å². The lowest BCUT2D eigenvalue weighted by molar-refractivity contribution is 0.0847. The molecule has 0 unspecified atom stereocenters. The van der Waals surface area contributed by atoms with Crippen molar-refractivity contribution in [3.63, 3.8) is 0 Å². The second-order valence-corrected chi connectivity index (χ2v) is 2.87. The van der Waals surface area contributed by atoms with Crippen LogP contribution in [0.4, 0.5) is 0 Å². The summed E-state index contributed by atoms with van der Waals surface area (Å²) < 4.78 is 4.81. The molecule has 0 N–H and O–H groups in total. The summed E-state index contributed by atoms with van der Waals surface area (Å²) >= 11 is 0. The van der Waals surface area contributed by atoms with Gasteiger partial charge in [-0.25, -0.2) is 0 Å². The van der Waals surface area contributed by atoms with Gasteiger partial charge in [-0.3, -0.25) is 4.79 Å². The van der Waals surface area contributed by atoms with E-state index in [1.807, 2.05) is 31.2 Å². The average Bonchev–Trinajstić information content (AvgIpc) is 2.18. The monoisotopic (exact) mass is 178 g/mol. The molecule has 0 aliphatic heterocycles. The zero-order valence-corrected chi connectivity index (χ0v) is 8.04. The lowest BCUT2D eigenvalue weighted by Gasteiger charge is -2.04. The SMILES string of the molecule is CCc1ccccc1C(=O)COC. The maximum absolute atomic E-state index is 11.5. The molecule has 1 rings (SSSR count). The molecule has 0 amide bonds. The molecule has 0 spiro atoms. The lowest BCUT2D eigenvalue weighted by Crippen LogP contribution is -2.09.